The van der Waals surface area contributed by atoms with Crippen molar-refractivity contribution in [2.24, 2.45) is 0 Å². The number of ether oxygens (including phenoxy) is 1. The summed E-state index contributed by atoms with van der Waals surface area (Å²) in [5.41, 5.74) is 3.43. The fraction of sp³-hybridized carbons (Fsp3) is 0.154. The van der Waals surface area contributed by atoms with Gasteiger partial charge in [0.2, 0.25) is 0 Å². The van der Waals surface area contributed by atoms with Crippen LogP contribution in [0.4, 0.5) is 5.69 Å². The summed E-state index contributed by atoms with van der Waals surface area (Å²) in [6, 6.07) is 19.2. The van der Waals surface area contributed by atoms with Crippen LogP contribution in [-0.2, 0) is 9.59 Å². The smallest absolute Gasteiger partial charge is 0.300 e. The van der Waals surface area contributed by atoms with E-state index in [-0.39, 0.29) is 11.3 Å². The van der Waals surface area contributed by atoms with Gasteiger partial charge in [0.15, 0.2) is 0 Å². The first-order chi connectivity index (χ1) is 15.3. The molecule has 1 atom stereocenters. The molecule has 1 saturated heterocycles. The number of nitrogens with zero attached hydrogens (tertiary/aromatic N) is 1. The Morgan fingerprint density at radius 3 is 2.25 bits per heavy atom. The number of ketones is 1. The number of aliphatic hydroxyl groups excluding tert-OH is 1. The zero-order valence-electron chi connectivity index (χ0n) is 17.9. The molecule has 1 heterocycles. The second kappa shape index (κ2) is 8.63. The number of hydrogen-bond donors (Lipinski definition) is 1. The van der Waals surface area contributed by atoms with Crippen molar-refractivity contribution < 1.29 is 19.4 Å². The Hall–Kier alpha value is -3.38. The molecule has 6 heteroatoms. The zero-order valence-corrected chi connectivity index (χ0v) is 19.5. The third-order valence-electron chi connectivity index (χ3n) is 5.66. The number of Topliss-reactive ketones (excluding diaryl/α,β-unsaturated/α-hetero) is 1. The van der Waals surface area contributed by atoms with Crippen LogP contribution in [0, 0.1) is 13.8 Å². The van der Waals surface area contributed by atoms with Crippen LogP contribution in [0.2, 0.25) is 0 Å². The van der Waals surface area contributed by atoms with Crippen LogP contribution in [0.25, 0.3) is 5.76 Å². The summed E-state index contributed by atoms with van der Waals surface area (Å²) in [5.74, 6) is -0.896. The Labute approximate surface area is 195 Å². The van der Waals surface area contributed by atoms with Gasteiger partial charge in [-0.2, -0.15) is 0 Å². The molecule has 0 spiro atoms. The van der Waals surface area contributed by atoms with Crippen LogP contribution >= 0.6 is 15.9 Å². The second-order valence-electron chi connectivity index (χ2n) is 7.69. The predicted octanol–water partition coefficient (Wildman–Crippen LogP) is 5.70. The second-order valence-corrected chi connectivity index (χ2v) is 8.61. The highest BCUT2D eigenvalue weighted by Gasteiger charge is 2.47. The lowest BCUT2D eigenvalue weighted by Gasteiger charge is -2.25. The molecule has 4 rings (SSSR count). The molecular formula is C26H22BrNO4. The minimum Gasteiger partial charge on any atom is -0.507 e. The maximum Gasteiger partial charge on any atom is 0.300 e. The van der Waals surface area contributed by atoms with Crippen LogP contribution < -0.4 is 9.64 Å². The van der Waals surface area contributed by atoms with Crippen molar-refractivity contribution in [2.75, 3.05) is 12.0 Å². The van der Waals surface area contributed by atoms with Crippen molar-refractivity contribution >= 4 is 39.1 Å². The molecule has 0 aliphatic carbocycles. The van der Waals surface area contributed by atoms with Gasteiger partial charge in [0.1, 0.15) is 11.5 Å². The number of para-hydroxylation sites is 1. The molecular weight excluding hydrogens is 470 g/mol. The van der Waals surface area contributed by atoms with E-state index in [1.165, 1.54) is 4.90 Å². The lowest BCUT2D eigenvalue weighted by Crippen LogP contribution is -2.29. The summed E-state index contributed by atoms with van der Waals surface area (Å²) < 4.78 is 6.24. The molecule has 1 amide bonds. The van der Waals surface area contributed by atoms with E-state index in [2.05, 4.69) is 15.9 Å². The van der Waals surface area contributed by atoms with Gasteiger partial charge in [-0.1, -0.05) is 46.3 Å². The van der Waals surface area contributed by atoms with Gasteiger partial charge in [0.25, 0.3) is 11.7 Å². The summed E-state index contributed by atoms with van der Waals surface area (Å²) in [6.07, 6.45) is 0. The van der Waals surface area contributed by atoms with Crippen LogP contribution in [0.15, 0.2) is 76.8 Å². The molecule has 162 valence electrons. The Balaban J connectivity index is 1.97. The summed E-state index contributed by atoms with van der Waals surface area (Å²) >= 11 is 3.43. The number of benzene rings is 3. The maximum atomic E-state index is 13.2. The number of anilines is 1. The predicted molar refractivity (Wildman–Crippen MR) is 128 cm³/mol. The van der Waals surface area contributed by atoms with Gasteiger partial charge >= 0.3 is 0 Å². The highest BCUT2D eigenvalue weighted by Crippen LogP contribution is 2.43. The summed E-state index contributed by atoms with van der Waals surface area (Å²) in [4.78, 5) is 27.8. The Morgan fingerprint density at radius 1 is 0.969 bits per heavy atom. The Bertz CT molecular complexity index is 1230. The molecule has 3 aromatic carbocycles. The van der Waals surface area contributed by atoms with Gasteiger partial charge in [-0.05, 0) is 66.9 Å². The molecule has 3 aromatic rings. The van der Waals surface area contributed by atoms with E-state index in [1.54, 1.807) is 25.3 Å². The fourth-order valence-corrected chi connectivity index (χ4v) is 4.32. The summed E-state index contributed by atoms with van der Waals surface area (Å²) in [7, 11) is 1.58. The molecule has 0 saturated carbocycles. The quantitative estimate of drug-likeness (QED) is 0.288. The number of aliphatic hydroxyl groups is 1. The third kappa shape index (κ3) is 3.71. The SMILES string of the molecule is COc1cc(C)c(/C(O)=C2\C(=O)C(=O)N(c3ccccc3)C2c2ccc(Br)cc2)cc1C. The molecule has 0 radical (unpaired) electrons. The molecule has 1 fully saturated rings. The van der Waals surface area contributed by atoms with E-state index in [0.717, 1.165) is 21.2 Å². The van der Waals surface area contributed by atoms with Gasteiger partial charge in [0, 0.05) is 15.7 Å². The molecule has 0 bridgehead atoms. The number of amides is 1. The van der Waals surface area contributed by atoms with Crippen LogP contribution in [0.5, 0.6) is 5.75 Å². The van der Waals surface area contributed by atoms with Crippen molar-refractivity contribution in [1.29, 1.82) is 0 Å². The molecule has 5 nitrogen and oxygen atoms in total. The molecule has 1 unspecified atom stereocenters. The zero-order chi connectivity index (χ0) is 23.0. The van der Waals surface area contributed by atoms with Crippen molar-refractivity contribution in [3.63, 3.8) is 0 Å². The summed E-state index contributed by atoms with van der Waals surface area (Å²) in [6.45, 7) is 3.70. The number of carbonyl (C=O) groups is 2. The fourth-order valence-electron chi connectivity index (χ4n) is 4.06. The molecule has 1 N–H and O–H groups in total. The number of aryl methyl sites for hydroxylation is 2. The largest absolute Gasteiger partial charge is 0.507 e. The first-order valence-corrected chi connectivity index (χ1v) is 10.9. The molecule has 1 aliphatic rings. The van der Waals surface area contributed by atoms with Crippen LogP contribution in [0.3, 0.4) is 0 Å². The normalized spacial score (nSPS) is 17.6. The van der Waals surface area contributed by atoms with E-state index < -0.39 is 17.7 Å². The minimum absolute atomic E-state index is 0.0637. The van der Waals surface area contributed by atoms with Crippen molar-refractivity contribution in [3.8, 4) is 5.75 Å². The maximum absolute atomic E-state index is 13.2. The molecule has 0 aromatic heterocycles. The molecule has 1 aliphatic heterocycles. The van der Waals surface area contributed by atoms with Gasteiger partial charge in [-0.3, -0.25) is 14.5 Å². The number of methoxy groups -OCH3 is 1. The van der Waals surface area contributed by atoms with Crippen molar-refractivity contribution in [1.82, 2.24) is 0 Å². The van der Waals surface area contributed by atoms with E-state index in [1.807, 2.05) is 62.4 Å². The lowest BCUT2D eigenvalue weighted by atomic mass is 9.93. The van der Waals surface area contributed by atoms with Crippen LogP contribution in [0.1, 0.15) is 28.3 Å². The number of hydrogen-bond acceptors (Lipinski definition) is 4. The van der Waals surface area contributed by atoms with Gasteiger partial charge in [-0.25, -0.2) is 0 Å². The highest BCUT2D eigenvalue weighted by molar-refractivity contribution is 9.10. The number of rotatable bonds is 4. The lowest BCUT2D eigenvalue weighted by molar-refractivity contribution is -0.132. The highest BCUT2D eigenvalue weighted by atomic mass is 79.9. The Kier molecular flexibility index (Phi) is 5.89. The number of carbonyl (C=O) groups excluding carboxylic acids is 2. The average molecular weight is 492 g/mol. The van der Waals surface area contributed by atoms with Gasteiger partial charge in [0.05, 0.1) is 18.7 Å². The minimum atomic E-state index is -0.757. The first kappa shape index (κ1) is 21.8. The van der Waals surface area contributed by atoms with Crippen molar-refractivity contribution in [3.05, 3.63) is 99.0 Å². The van der Waals surface area contributed by atoms with E-state index in [0.29, 0.717) is 17.0 Å². The van der Waals surface area contributed by atoms with Crippen molar-refractivity contribution in [2.45, 2.75) is 19.9 Å². The average Bonchev–Trinajstić information content (AvgIpc) is 3.06. The van der Waals surface area contributed by atoms with E-state index in [9.17, 15) is 14.7 Å². The first-order valence-electron chi connectivity index (χ1n) is 10.1. The number of halogens is 1. The topological polar surface area (TPSA) is 66.8 Å². The van der Waals surface area contributed by atoms with Gasteiger partial charge < -0.3 is 9.84 Å². The van der Waals surface area contributed by atoms with E-state index in [4.69, 9.17) is 4.74 Å². The summed E-state index contributed by atoms with van der Waals surface area (Å²) in [5, 5.41) is 11.4. The Morgan fingerprint density at radius 2 is 1.62 bits per heavy atom. The molecule has 32 heavy (non-hydrogen) atoms. The van der Waals surface area contributed by atoms with Crippen LogP contribution in [-0.4, -0.2) is 23.9 Å². The van der Waals surface area contributed by atoms with Gasteiger partial charge in [-0.15, -0.1) is 0 Å². The third-order valence-corrected chi connectivity index (χ3v) is 6.19. The monoisotopic (exact) mass is 491 g/mol. The van der Waals surface area contributed by atoms with E-state index >= 15 is 0 Å². The standard InChI is InChI=1S/C26H22BrNO4/c1-15-14-21(32-3)16(2)13-20(15)24(29)22-23(17-9-11-18(27)12-10-17)28(26(31)25(22)30)19-7-5-4-6-8-19/h4-14,23,29H,1-3H3/b24-22+.